The highest BCUT2D eigenvalue weighted by atomic mass is 32.2. The Morgan fingerprint density at radius 3 is 2.39 bits per heavy atom. The minimum Gasteiger partial charge on any atom is -0.497 e. The minimum absolute atomic E-state index is 0.211. The van der Waals surface area contributed by atoms with E-state index in [1.54, 1.807) is 30.4 Å². The lowest BCUT2D eigenvalue weighted by atomic mass is 9.93. The summed E-state index contributed by atoms with van der Waals surface area (Å²) in [6.07, 6.45) is 3.85. The van der Waals surface area contributed by atoms with E-state index in [0.29, 0.717) is 20.6 Å². The smallest absolute Gasteiger partial charge is 0.338 e. The summed E-state index contributed by atoms with van der Waals surface area (Å²) >= 11 is 2.94. The molecule has 1 aliphatic heterocycles. The normalized spacial score (nSPS) is 15.1. The molecule has 0 spiro atoms. The van der Waals surface area contributed by atoms with Crippen LogP contribution in [-0.4, -0.2) is 30.5 Å². The van der Waals surface area contributed by atoms with Crippen LogP contribution in [0.2, 0.25) is 0 Å². The molecule has 38 heavy (non-hydrogen) atoms. The van der Waals surface area contributed by atoms with Gasteiger partial charge >= 0.3 is 5.97 Å². The van der Waals surface area contributed by atoms with Crippen molar-refractivity contribution in [1.29, 1.82) is 0 Å². The van der Waals surface area contributed by atoms with E-state index in [0.717, 1.165) is 27.3 Å². The molecule has 8 heteroatoms. The average molecular weight is 543 g/mol. The van der Waals surface area contributed by atoms with Gasteiger partial charge in [-0.15, -0.1) is 11.8 Å². The van der Waals surface area contributed by atoms with Gasteiger partial charge in [-0.1, -0.05) is 65.9 Å². The number of aromatic nitrogens is 1. The fraction of sp³-hybridized carbons (Fsp3) is 0.167. The van der Waals surface area contributed by atoms with Crippen molar-refractivity contribution in [2.45, 2.75) is 17.9 Å². The SMILES string of the molecule is CCOC(=O)C1=C(c2ccccc2)N=c2s/c(=C\c3ccc(OC)cc3)c(=O)n2C1c1ccc(SC)cc1. The summed E-state index contributed by atoms with van der Waals surface area (Å²) in [4.78, 5) is 33.9. The van der Waals surface area contributed by atoms with Crippen molar-refractivity contribution in [2.75, 3.05) is 20.0 Å². The number of hydrogen-bond acceptors (Lipinski definition) is 7. The average Bonchev–Trinajstić information content (AvgIpc) is 3.27. The van der Waals surface area contributed by atoms with Crippen LogP contribution >= 0.6 is 23.1 Å². The molecule has 3 aromatic carbocycles. The molecule has 0 saturated heterocycles. The van der Waals surface area contributed by atoms with Gasteiger partial charge in [-0.2, -0.15) is 0 Å². The van der Waals surface area contributed by atoms with Gasteiger partial charge in [0.05, 0.1) is 35.6 Å². The van der Waals surface area contributed by atoms with Crippen LogP contribution in [0.15, 0.2) is 99.1 Å². The third kappa shape index (κ3) is 4.97. The molecule has 5 rings (SSSR count). The van der Waals surface area contributed by atoms with E-state index in [-0.39, 0.29) is 12.2 Å². The standard InChI is InChI=1S/C30H26N2O4S2/c1-4-36-29(34)25-26(20-8-6-5-7-9-20)31-30-32(27(25)21-12-16-23(37-3)17-13-21)28(33)24(38-30)18-19-10-14-22(35-2)15-11-19/h5-18,27H,4H2,1-3H3/b24-18-. The van der Waals surface area contributed by atoms with Crippen LogP contribution in [0.5, 0.6) is 5.75 Å². The third-order valence-corrected chi connectivity index (χ3v) is 7.95. The predicted molar refractivity (Wildman–Crippen MR) is 152 cm³/mol. The molecule has 0 aliphatic carbocycles. The van der Waals surface area contributed by atoms with E-state index in [2.05, 4.69) is 0 Å². The fourth-order valence-corrected chi connectivity index (χ4v) is 5.80. The molecule has 1 aromatic heterocycles. The first-order chi connectivity index (χ1) is 18.5. The molecular weight excluding hydrogens is 516 g/mol. The molecule has 1 unspecified atom stereocenters. The molecule has 0 N–H and O–H groups in total. The zero-order valence-corrected chi connectivity index (χ0v) is 22.8. The van der Waals surface area contributed by atoms with E-state index < -0.39 is 12.0 Å². The first kappa shape index (κ1) is 25.8. The molecular formula is C30H26N2O4S2. The zero-order valence-electron chi connectivity index (χ0n) is 21.2. The Kier molecular flexibility index (Phi) is 7.62. The second kappa shape index (κ2) is 11.2. The van der Waals surface area contributed by atoms with Gasteiger partial charge in [-0.05, 0) is 54.6 Å². The third-order valence-electron chi connectivity index (χ3n) is 6.22. The first-order valence-corrected chi connectivity index (χ1v) is 14.1. The number of fused-ring (bicyclic) bond motifs is 1. The second-order valence-corrected chi connectivity index (χ2v) is 10.4. The monoisotopic (exact) mass is 542 g/mol. The van der Waals surface area contributed by atoms with Crippen LogP contribution in [0, 0.1) is 0 Å². The van der Waals surface area contributed by atoms with E-state index in [1.165, 1.54) is 11.3 Å². The van der Waals surface area contributed by atoms with E-state index >= 15 is 0 Å². The quantitative estimate of drug-likeness (QED) is 0.251. The van der Waals surface area contributed by atoms with Crippen molar-refractivity contribution in [1.82, 2.24) is 4.57 Å². The van der Waals surface area contributed by atoms with Crippen LogP contribution < -0.4 is 19.6 Å². The summed E-state index contributed by atoms with van der Waals surface area (Å²) < 4.78 is 12.9. The Labute approximate surface area is 228 Å². The number of thioether (sulfide) groups is 1. The maximum Gasteiger partial charge on any atom is 0.338 e. The Balaban J connectivity index is 1.79. The van der Waals surface area contributed by atoms with Crippen LogP contribution in [0.1, 0.15) is 29.7 Å². The number of thiazole rings is 1. The van der Waals surface area contributed by atoms with Crippen molar-refractivity contribution < 1.29 is 14.3 Å². The van der Waals surface area contributed by atoms with Gasteiger partial charge in [0.1, 0.15) is 5.75 Å². The summed E-state index contributed by atoms with van der Waals surface area (Å²) in [5, 5.41) is 0. The summed E-state index contributed by atoms with van der Waals surface area (Å²) in [5.74, 6) is 0.252. The molecule has 4 aromatic rings. The predicted octanol–water partition coefficient (Wildman–Crippen LogP) is 4.67. The van der Waals surface area contributed by atoms with Gasteiger partial charge in [0.25, 0.3) is 5.56 Å². The van der Waals surface area contributed by atoms with Crippen molar-refractivity contribution in [3.63, 3.8) is 0 Å². The van der Waals surface area contributed by atoms with Gasteiger partial charge in [-0.25, -0.2) is 9.79 Å². The van der Waals surface area contributed by atoms with E-state index in [4.69, 9.17) is 14.5 Å². The Hall–Kier alpha value is -3.88. The summed E-state index contributed by atoms with van der Waals surface area (Å²) in [6, 6.07) is 24.3. The second-order valence-electron chi connectivity index (χ2n) is 8.48. The minimum atomic E-state index is -0.686. The van der Waals surface area contributed by atoms with Crippen LogP contribution in [-0.2, 0) is 9.53 Å². The number of hydrogen-bond donors (Lipinski definition) is 0. The topological polar surface area (TPSA) is 69.9 Å². The summed E-state index contributed by atoms with van der Waals surface area (Å²) in [6.45, 7) is 1.98. The number of methoxy groups -OCH3 is 1. The molecule has 192 valence electrons. The Bertz CT molecular complexity index is 1670. The molecule has 0 radical (unpaired) electrons. The molecule has 1 aliphatic rings. The van der Waals surface area contributed by atoms with Gasteiger partial charge in [0, 0.05) is 10.5 Å². The highest BCUT2D eigenvalue weighted by Gasteiger charge is 2.35. The Morgan fingerprint density at radius 1 is 1.05 bits per heavy atom. The fourth-order valence-electron chi connectivity index (χ4n) is 4.39. The van der Waals surface area contributed by atoms with Crippen molar-refractivity contribution in [3.05, 3.63) is 121 Å². The molecule has 0 bridgehead atoms. The van der Waals surface area contributed by atoms with Gasteiger partial charge in [-0.3, -0.25) is 9.36 Å². The van der Waals surface area contributed by atoms with Crippen molar-refractivity contribution >= 4 is 40.8 Å². The highest BCUT2D eigenvalue weighted by molar-refractivity contribution is 7.98. The van der Waals surface area contributed by atoms with E-state index in [1.807, 2.05) is 91.2 Å². The van der Waals surface area contributed by atoms with Gasteiger partial charge in [0.15, 0.2) is 4.80 Å². The molecule has 1 atom stereocenters. The van der Waals surface area contributed by atoms with Crippen molar-refractivity contribution in [3.8, 4) is 5.75 Å². The number of carbonyl (C=O) groups is 1. The lowest BCUT2D eigenvalue weighted by Gasteiger charge is -2.26. The molecule has 0 amide bonds. The number of ether oxygens (including phenoxy) is 2. The maximum absolute atomic E-state index is 13.9. The number of esters is 1. The largest absolute Gasteiger partial charge is 0.497 e. The van der Waals surface area contributed by atoms with Crippen LogP contribution in [0.4, 0.5) is 0 Å². The van der Waals surface area contributed by atoms with Gasteiger partial charge in [0.2, 0.25) is 0 Å². The number of rotatable bonds is 7. The maximum atomic E-state index is 13.9. The molecule has 2 heterocycles. The lowest BCUT2D eigenvalue weighted by Crippen LogP contribution is -2.40. The molecule has 0 saturated carbocycles. The Morgan fingerprint density at radius 2 is 1.76 bits per heavy atom. The number of carbonyl (C=O) groups excluding carboxylic acids is 1. The zero-order chi connectivity index (χ0) is 26.6. The van der Waals surface area contributed by atoms with Crippen LogP contribution in [0.25, 0.3) is 11.8 Å². The van der Waals surface area contributed by atoms with Crippen molar-refractivity contribution in [2.24, 2.45) is 4.99 Å². The summed E-state index contributed by atoms with van der Waals surface area (Å²) in [7, 11) is 1.62. The lowest BCUT2D eigenvalue weighted by molar-refractivity contribution is -0.138. The van der Waals surface area contributed by atoms with Crippen LogP contribution in [0.3, 0.4) is 0 Å². The van der Waals surface area contributed by atoms with E-state index in [9.17, 15) is 9.59 Å². The van der Waals surface area contributed by atoms with Gasteiger partial charge < -0.3 is 9.47 Å². The first-order valence-electron chi connectivity index (χ1n) is 12.1. The number of benzene rings is 3. The molecule has 6 nitrogen and oxygen atoms in total. The highest BCUT2D eigenvalue weighted by Crippen LogP contribution is 2.35. The number of nitrogens with zero attached hydrogens (tertiary/aromatic N) is 2. The molecule has 0 fully saturated rings. The summed E-state index contributed by atoms with van der Waals surface area (Å²) in [5.41, 5.74) is 3.11.